The van der Waals surface area contributed by atoms with E-state index in [1.807, 2.05) is 18.2 Å². The number of piperidine rings is 3. The molecule has 4 aliphatic heterocycles. The number of amides is 3. The topological polar surface area (TPSA) is 99.0 Å². The highest BCUT2D eigenvalue weighted by atomic mass is 16.2. The van der Waals surface area contributed by atoms with Crippen molar-refractivity contribution in [3.63, 3.8) is 0 Å². The third-order valence-corrected chi connectivity index (χ3v) is 7.68. The Kier molecular flexibility index (Phi) is 6.01. The molecular formula is C24H33N5O3. The van der Waals surface area contributed by atoms with Crippen LogP contribution < -0.4 is 11.1 Å². The van der Waals surface area contributed by atoms with E-state index in [4.69, 9.17) is 5.73 Å². The molecule has 172 valence electrons. The van der Waals surface area contributed by atoms with Crippen molar-refractivity contribution in [3.8, 4) is 0 Å². The fourth-order valence-electron chi connectivity index (χ4n) is 5.79. The summed E-state index contributed by atoms with van der Waals surface area (Å²) in [5, 5.41) is 2.38. The van der Waals surface area contributed by atoms with Crippen LogP contribution in [0.3, 0.4) is 0 Å². The van der Waals surface area contributed by atoms with E-state index < -0.39 is 6.04 Å². The Morgan fingerprint density at radius 3 is 2.44 bits per heavy atom. The monoisotopic (exact) mass is 439 g/mol. The Morgan fingerprint density at radius 2 is 1.72 bits per heavy atom. The minimum atomic E-state index is -0.561. The van der Waals surface area contributed by atoms with Gasteiger partial charge >= 0.3 is 0 Å². The number of fused-ring (bicyclic) bond motifs is 1. The number of rotatable bonds is 4. The molecule has 1 aromatic carbocycles. The largest absolute Gasteiger partial charge is 0.328 e. The third-order valence-electron chi connectivity index (χ3n) is 7.68. The van der Waals surface area contributed by atoms with Gasteiger partial charge < -0.3 is 15.5 Å². The van der Waals surface area contributed by atoms with Gasteiger partial charge in [0.1, 0.15) is 6.04 Å². The Morgan fingerprint density at radius 1 is 0.969 bits per heavy atom. The molecule has 0 aliphatic carbocycles. The zero-order valence-electron chi connectivity index (χ0n) is 18.6. The molecule has 4 heterocycles. The molecule has 1 unspecified atom stereocenters. The lowest BCUT2D eigenvalue weighted by Crippen LogP contribution is -2.52. The van der Waals surface area contributed by atoms with Crippen LogP contribution in [0.5, 0.6) is 0 Å². The second-order valence-electron chi connectivity index (χ2n) is 9.73. The van der Waals surface area contributed by atoms with Crippen molar-refractivity contribution >= 4 is 17.7 Å². The molecule has 3 fully saturated rings. The van der Waals surface area contributed by atoms with E-state index in [-0.39, 0.29) is 24.1 Å². The fourth-order valence-corrected chi connectivity index (χ4v) is 5.79. The first-order chi connectivity index (χ1) is 15.5. The van der Waals surface area contributed by atoms with E-state index in [0.29, 0.717) is 25.0 Å². The summed E-state index contributed by atoms with van der Waals surface area (Å²) in [6, 6.07) is 6.49. The molecule has 8 heteroatoms. The Hall–Kier alpha value is -2.29. The first-order valence-electron chi connectivity index (χ1n) is 12.0. The summed E-state index contributed by atoms with van der Waals surface area (Å²) >= 11 is 0. The molecule has 3 saturated heterocycles. The van der Waals surface area contributed by atoms with Crippen LogP contribution >= 0.6 is 0 Å². The first-order valence-corrected chi connectivity index (χ1v) is 12.0. The van der Waals surface area contributed by atoms with Crippen molar-refractivity contribution in [2.75, 3.05) is 26.2 Å². The highest BCUT2D eigenvalue weighted by Crippen LogP contribution is 2.31. The maximum absolute atomic E-state index is 13.3. The third kappa shape index (κ3) is 4.19. The number of imide groups is 1. The predicted molar refractivity (Wildman–Crippen MR) is 120 cm³/mol. The Bertz CT molecular complexity index is 903. The van der Waals surface area contributed by atoms with Crippen LogP contribution in [0.15, 0.2) is 18.2 Å². The maximum atomic E-state index is 13.3. The molecule has 3 amide bonds. The van der Waals surface area contributed by atoms with Gasteiger partial charge in [-0.3, -0.25) is 24.6 Å². The molecule has 4 aliphatic rings. The summed E-state index contributed by atoms with van der Waals surface area (Å²) in [6.45, 7) is 5.48. The highest BCUT2D eigenvalue weighted by Gasteiger charge is 2.40. The molecule has 0 aromatic heterocycles. The molecule has 0 radical (unpaired) electrons. The zero-order valence-corrected chi connectivity index (χ0v) is 18.6. The van der Waals surface area contributed by atoms with Gasteiger partial charge in [0.25, 0.3) is 5.91 Å². The predicted octanol–water partition coefficient (Wildman–Crippen LogP) is 0.835. The van der Waals surface area contributed by atoms with Crippen LogP contribution in [0.2, 0.25) is 0 Å². The first kappa shape index (κ1) is 21.6. The van der Waals surface area contributed by atoms with Crippen molar-refractivity contribution < 1.29 is 14.4 Å². The molecule has 1 atom stereocenters. The summed E-state index contributed by atoms with van der Waals surface area (Å²) in [4.78, 5) is 43.8. The lowest BCUT2D eigenvalue weighted by Gasteiger charge is -2.41. The molecule has 1 aromatic rings. The Balaban J connectivity index is 1.22. The molecule has 5 rings (SSSR count). The van der Waals surface area contributed by atoms with Crippen molar-refractivity contribution in [1.82, 2.24) is 20.0 Å². The van der Waals surface area contributed by atoms with Crippen molar-refractivity contribution in [2.45, 2.75) is 69.7 Å². The normalized spacial score (nSPS) is 26.5. The van der Waals surface area contributed by atoms with Crippen LogP contribution in [0.25, 0.3) is 0 Å². The van der Waals surface area contributed by atoms with Gasteiger partial charge in [0.2, 0.25) is 11.8 Å². The van der Waals surface area contributed by atoms with Gasteiger partial charge in [-0.1, -0.05) is 18.2 Å². The second kappa shape index (κ2) is 8.92. The number of benzene rings is 1. The van der Waals surface area contributed by atoms with Crippen LogP contribution in [0.4, 0.5) is 0 Å². The van der Waals surface area contributed by atoms with Gasteiger partial charge in [-0.2, -0.15) is 0 Å². The zero-order chi connectivity index (χ0) is 22.2. The minimum absolute atomic E-state index is 0.0790. The van der Waals surface area contributed by atoms with Crippen molar-refractivity contribution in [2.24, 2.45) is 5.73 Å². The Labute approximate surface area is 189 Å². The number of carbonyl (C=O) groups excluding carboxylic acids is 3. The van der Waals surface area contributed by atoms with Crippen LogP contribution in [-0.4, -0.2) is 76.7 Å². The summed E-state index contributed by atoms with van der Waals surface area (Å²) < 4.78 is 0. The lowest BCUT2D eigenvalue weighted by molar-refractivity contribution is -0.136. The van der Waals surface area contributed by atoms with E-state index >= 15 is 0 Å². The van der Waals surface area contributed by atoms with Gasteiger partial charge in [0.15, 0.2) is 0 Å². The van der Waals surface area contributed by atoms with Crippen LogP contribution in [0, 0.1) is 0 Å². The van der Waals surface area contributed by atoms with Crippen molar-refractivity contribution in [3.05, 3.63) is 34.9 Å². The van der Waals surface area contributed by atoms with Crippen molar-refractivity contribution in [1.29, 1.82) is 0 Å². The van der Waals surface area contributed by atoms with Crippen LogP contribution in [0.1, 0.15) is 60.0 Å². The molecule has 0 bridgehead atoms. The summed E-state index contributed by atoms with van der Waals surface area (Å²) in [5.41, 5.74) is 8.84. The summed E-state index contributed by atoms with van der Waals surface area (Å²) in [6.07, 6.45) is 5.18. The number of nitrogens with zero attached hydrogens (tertiary/aromatic N) is 3. The number of likely N-dealkylation sites (tertiary alicyclic amines) is 2. The number of carbonyl (C=O) groups is 3. The van der Waals surface area contributed by atoms with Gasteiger partial charge in [0.05, 0.1) is 0 Å². The van der Waals surface area contributed by atoms with Gasteiger partial charge in [-0.05, 0) is 69.4 Å². The fraction of sp³-hybridized carbons (Fsp3) is 0.625. The summed E-state index contributed by atoms with van der Waals surface area (Å²) in [7, 11) is 0. The number of hydrogen-bond acceptors (Lipinski definition) is 6. The van der Waals surface area contributed by atoms with Gasteiger partial charge in [-0.15, -0.1) is 0 Å². The van der Waals surface area contributed by atoms with Crippen LogP contribution in [-0.2, 0) is 22.7 Å². The number of hydrogen-bond donors (Lipinski definition) is 2. The molecular weight excluding hydrogens is 406 g/mol. The van der Waals surface area contributed by atoms with E-state index in [9.17, 15) is 14.4 Å². The average molecular weight is 440 g/mol. The summed E-state index contributed by atoms with van der Waals surface area (Å²) in [5.74, 6) is -0.693. The van der Waals surface area contributed by atoms with Gasteiger partial charge in [0, 0.05) is 37.2 Å². The second-order valence-corrected chi connectivity index (χ2v) is 9.73. The maximum Gasteiger partial charge on any atom is 0.255 e. The highest BCUT2D eigenvalue weighted by molar-refractivity contribution is 6.05. The number of nitrogens with one attached hydrogen (secondary N) is 1. The quantitative estimate of drug-likeness (QED) is 0.675. The minimum Gasteiger partial charge on any atom is -0.328 e. The van der Waals surface area contributed by atoms with E-state index in [1.54, 1.807) is 4.90 Å². The lowest BCUT2D eigenvalue weighted by atomic mass is 9.97. The van der Waals surface area contributed by atoms with E-state index in [1.165, 1.54) is 0 Å². The molecule has 0 spiro atoms. The SMILES string of the molecule is NC1CCN(C2CCN(Cc3cccc4c3C(=O)N(C3CCC(=O)NC3=O)C4)CC2)CC1. The number of nitrogens with two attached hydrogens (primary N) is 1. The van der Waals surface area contributed by atoms with E-state index in [0.717, 1.165) is 75.1 Å². The molecule has 3 N–H and O–H groups in total. The van der Waals surface area contributed by atoms with E-state index in [2.05, 4.69) is 15.1 Å². The molecule has 0 saturated carbocycles. The standard InChI is InChI=1S/C24H33N5O3/c25-18-6-12-28(13-7-18)19-8-10-27(11-9-19)14-16-2-1-3-17-15-29(24(32)22(16)17)20-4-5-21(30)26-23(20)31/h1-3,18-20H,4-15,25H2,(H,26,30,31). The average Bonchev–Trinajstić information content (AvgIpc) is 3.12. The van der Waals surface area contributed by atoms with Gasteiger partial charge in [-0.25, -0.2) is 0 Å². The molecule has 32 heavy (non-hydrogen) atoms. The molecule has 8 nitrogen and oxygen atoms in total. The smallest absolute Gasteiger partial charge is 0.255 e.